The van der Waals surface area contributed by atoms with E-state index >= 15 is 0 Å². The van der Waals surface area contributed by atoms with Crippen LogP contribution in [0, 0.1) is 0 Å². The van der Waals surface area contributed by atoms with E-state index in [1.165, 1.54) is 111 Å². The van der Waals surface area contributed by atoms with Gasteiger partial charge in [-0.1, -0.05) is 77.0 Å². The lowest BCUT2D eigenvalue weighted by Crippen LogP contribution is -3.05. The quantitative estimate of drug-likeness (QED) is 0.151. The smallest absolute Gasteiger partial charge is 0.0766 e. The van der Waals surface area contributed by atoms with Gasteiger partial charge in [0.25, 0.3) is 0 Å². The minimum Gasteiger partial charge on any atom is -1.00 e. The summed E-state index contributed by atoms with van der Waals surface area (Å²) in [5, 5.41) is 0. The number of hydrogen-bond acceptors (Lipinski definition) is 0. The van der Waals surface area contributed by atoms with E-state index in [0.717, 1.165) is 0 Å². The molecule has 0 spiro atoms. The first kappa shape index (κ1) is 30.6. The summed E-state index contributed by atoms with van der Waals surface area (Å²) >= 11 is 7.36. The van der Waals surface area contributed by atoms with Crippen LogP contribution < -0.4 is 21.9 Å². The van der Waals surface area contributed by atoms with Crippen LogP contribution in [0.1, 0.15) is 103 Å². The maximum Gasteiger partial charge on any atom is 0.0766 e. The van der Waals surface area contributed by atoms with Gasteiger partial charge in [-0.25, -0.2) is 0 Å². The molecule has 0 aliphatic carbocycles. The van der Waals surface area contributed by atoms with Crippen LogP contribution in [0.2, 0.25) is 0 Å². The van der Waals surface area contributed by atoms with Crippen molar-refractivity contribution in [1.82, 2.24) is 0 Å². The highest BCUT2D eigenvalue weighted by Gasteiger charge is 1.98. The molecule has 0 bridgehead atoms. The third-order valence-corrected chi connectivity index (χ3v) is 9.22. The first-order chi connectivity index (χ1) is 12.0. The van der Waals surface area contributed by atoms with Crippen molar-refractivity contribution in [3.05, 3.63) is 5.17 Å². The normalized spacial score (nSPS) is 10.8. The van der Waals surface area contributed by atoms with Crippen molar-refractivity contribution in [1.29, 1.82) is 0 Å². The minimum absolute atomic E-state index is 0. The summed E-state index contributed by atoms with van der Waals surface area (Å²) in [4.78, 5) is 1.60. The van der Waals surface area contributed by atoms with Gasteiger partial charge < -0.3 is 21.9 Å². The maximum atomic E-state index is 2.50. The summed E-state index contributed by atoms with van der Waals surface area (Å²) < 4.78 is 2.99. The molecular weight excluding hydrogens is 727 g/mol. The fourth-order valence-electron chi connectivity index (χ4n) is 3.15. The van der Waals surface area contributed by atoms with Crippen molar-refractivity contribution < 1.29 is 21.9 Å². The predicted molar refractivity (Wildman–Crippen MR) is 141 cm³/mol. The van der Waals surface area contributed by atoms with Gasteiger partial charge in [0.05, 0.1) is 22.2 Å². The lowest BCUT2D eigenvalue weighted by atomic mass is 10.0. The maximum absolute atomic E-state index is 2.50. The van der Waals surface area contributed by atoms with Gasteiger partial charge in [-0.15, -0.1) is 0 Å². The molecule has 0 saturated heterocycles. The molecule has 1 nitrogen and oxygen atoms in total. The molecule has 26 heavy (non-hydrogen) atoms. The zero-order chi connectivity index (χ0) is 18.8. The number of unbranched alkanes of at least 4 members (excludes halogenated alkanes) is 14. The summed E-state index contributed by atoms with van der Waals surface area (Å²) in [7, 11) is 4.51. The van der Waals surface area contributed by atoms with E-state index < -0.39 is 0 Å². The highest BCUT2D eigenvalue weighted by Crippen LogP contribution is 2.29. The number of allylic oxidation sites excluding steroid dienone is 1. The lowest BCUT2D eigenvalue weighted by molar-refractivity contribution is -0.858. The van der Waals surface area contributed by atoms with Gasteiger partial charge in [-0.3, -0.25) is 0 Å². The van der Waals surface area contributed by atoms with Crippen molar-refractivity contribution in [2.75, 3.05) is 20.6 Å². The second-order valence-corrected chi connectivity index (χ2v) is 13.2. The first-order valence-electron chi connectivity index (χ1n) is 10.5. The second kappa shape index (κ2) is 23.6. The van der Waals surface area contributed by atoms with E-state index in [1.54, 1.807) is 8.48 Å². The summed E-state index contributed by atoms with van der Waals surface area (Å²) in [5.41, 5.74) is 0. The molecule has 0 radical (unpaired) electrons. The highest BCUT2D eigenvalue weighted by atomic mass is 127. The molecule has 0 aromatic rings. The van der Waals surface area contributed by atoms with Crippen molar-refractivity contribution in [2.24, 2.45) is 0 Å². The third kappa shape index (κ3) is 24.4. The van der Waals surface area contributed by atoms with Crippen LogP contribution in [0.3, 0.4) is 0 Å². The van der Waals surface area contributed by atoms with Crippen LogP contribution in [0.4, 0.5) is 0 Å². The molecule has 0 aliphatic heterocycles. The van der Waals surface area contributed by atoms with Crippen molar-refractivity contribution in [3.63, 3.8) is 0 Å². The number of quaternary nitrogens is 1. The first-order valence-corrected chi connectivity index (χ1v) is 13.8. The fraction of sp³-hybridized carbons (Fsp3) is 0.905. The summed E-state index contributed by atoms with van der Waals surface area (Å²) in [6.45, 7) is 1.34. The van der Waals surface area contributed by atoms with Gasteiger partial charge in [-0.2, -0.15) is 0 Å². The molecule has 0 atom stereocenters. The van der Waals surface area contributed by atoms with Crippen LogP contribution in [0.15, 0.2) is 5.17 Å². The Morgan fingerprint density at radius 1 is 0.538 bits per heavy atom. The van der Waals surface area contributed by atoms with Crippen LogP contribution in [0.5, 0.6) is 0 Å². The molecule has 0 aromatic heterocycles. The van der Waals surface area contributed by atoms with Crippen LogP contribution in [-0.2, 0) is 0 Å². The molecule has 0 rings (SSSR count). The van der Waals surface area contributed by atoms with Crippen LogP contribution in [0.25, 0.3) is 0 Å². The Kier molecular flexibility index (Phi) is 27.8. The molecule has 158 valence electrons. The van der Waals surface area contributed by atoms with E-state index in [9.17, 15) is 0 Å². The zero-order valence-corrected chi connectivity index (χ0v) is 25.1. The number of hydrogen-bond donors (Lipinski definition) is 1. The van der Waals surface area contributed by atoms with Crippen LogP contribution in [-0.4, -0.2) is 20.6 Å². The van der Waals surface area contributed by atoms with E-state index in [0.29, 0.717) is 0 Å². The second-order valence-electron chi connectivity index (χ2n) is 7.68. The molecule has 0 saturated carbocycles. The van der Waals surface area contributed by atoms with Gasteiger partial charge in [0.15, 0.2) is 0 Å². The van der Waals surface area contributed by atoms with E-state index in [2.05, 4.69) is 81.9 Å². The molecule has 0 fully saturated rings. The van der Waals surface area contributed by atoms with Gasteiger partial charge in [0.1, 0.15) is 0 Å². The van der Waals surface area contributed by atoms with Crippen molar-refractivity contribution >= 4 is 67.8 Å². The average molecular weight is 768 g/mol. The largest absolute Gasteiger partial charge is 1.00 e. The Morgan fingerprint density at radius 2 is 0.846 bits per heavy atom. The molecule has 0 heterocycles. The predicted octanol–water partition coefficient (Wildman–Crippen LogP) is 4.85. The topological polar surface area (TPSA) is 4.44 Å². The summed E-state index contributed by atoms with van der Waals surface area (Å²) in [6, 6.07) is 0. The minimum atomic E-state index is 0. The Hall–Kier alpha value is 2.37. The Bertz CT molecular complexity index is 318. The molecule has 1 N–H and O–H groups in total. The molecule has 0 amide bonds. The Balaban J connectivity index is 0. The lowest BCUT2D eigenvalue weighted by Gasteiger charge is -2.06. The van der Waals surface area contributed by atoms with Gasteiger partial charge in [0, 0.05) is 3.58 Å². The van der Waals surface area contributed by atoms with E-state index in [-0.39, 0.29) is 17.0 Å². The zero-order valence-electron chi connectivity index (χ0n) is 17.0. The molecule has 0 unspecified atom stereocenters. The standard InChI is InChI=1S/C21H40I3N.BrH/c1-25(2)19-17-15-13-11-9-7-5-3-4-6-8-10-12-14-16-18-20(22)21(23)24;/h3-19H2,1-2H3;1H. The summed E-state index contributed by atoms with van der Waals surface area (Å²) in [6.07, 6.45) is 23.1. The van der Waals surface area contributed by atoms with Gasteiger partial charge >= 0.3 is 0 Å². The van der Waals surface area contributed by atoms with E-state index in [1.807, 2.05) is 0 Å². The van der Waals surface area contributed by atoms with Gasteiger partial charge in [0.2, 0.25) is 0 Å². The average Bonchev–Trinajstić information content (AvgIpc) is 2.57. The molecule has 5 heteroatoms. The highest BCUT2D eigenvalue weighted by molar-refractivity contribution is 14.2. The monoisotopic (exact) mass is 767 g/mol. The van der Waals surface area contributed by atoms with Crippen molar-refractivity contribution in [2.45, 2.75) is 103 Å². The van der Waals surface area contributed by atoms with Gasteiger partial charge in [-0.05, 0) is 93.5 Å². The molecular formula is C21H41BrI3N. The Labute approximate surface area is 215 Å². The number of nitrogens with one attached hydrogen (secondary N) is 1. The molecule has 0 aromatic carbocycles. The summed E-state index contributed by atoms with van der Waals surface area (Å²) in [5.74, 6) is 0. The Morgan fingerprint density at radius 3 is 1.15 bits per heavy atom. The van der Waals surface area contributed by atoms with Crippen LogP contribution >= 0.6 is 67.8 Å². The van der Waals surface area contributed by atoms with E-state index in [4.69, 9.17) is 0 Å². The fourth-order valence-corrected chi connectivity index (χ4v) is 4.07. The number of halogens is 4. The molecule has 0 aliphatic rings. The SMILES string of the molecule is C[NH+](C)CCCCCCCCCCCCCCCCCC(I)=C(I)I.[Br-]. The van der Waals surface area contributed by atoms with Crippen molar-refractivity contribution in [3.8, 4) is 0 Å². The third-order valence-electron chi connectivity index (χ3n) is 4.78. The number of rotatable bonds is 18.